The normalized spacial score (nSPS) is 19.5. The number of aromatic nitrogens is 2. The lowest BCUT2D eigenvalue weighted by Crippen LogP contribution is -2.50. The summed E-state index contributed by atoms with van der Waals surface area (Å²) in [5.74, 6) is 1.04. The van der Waals surface area contributed by atoms with Crippen molar-refractivity contribution in [1.82, 2.24) is 25.1 Å². The number of nitrogens with zero attached hydrogens (tertiary/aromatic N) is 4. The molecule has 154 valence electrons. The minimum atomic E-state index is -0.00386. The SMILES string of the molecule is CCNc1ncnc(C(=O)N2CCC(N3CCC(C(=O)NC)CC3)CC2)c1C. The molecule has 0 atom stereocenters. The van der Waals surface area contributed by atoms with Gasteiger partial charge >= 0.3 is 0 Å². The summed E-state index contributed by atoms with van der Waals surface area (Å²) in [6.07, 6.45) is 5.25. The van der Waals surface area contributed by atoms with Gasteiger partial charge in [-0.15, -0.1) is 0 Å². The van der Waals surface area contributed by atoms with Crippen LogP contribution in [-0.4, -0.2) is 77.4 Å². The molecule has 1 aromatic heterocycles. The Hall–Kier alpha value is -2.22. The maximum absolute atomic E-state index is 13.0. The van der Waals surface area contributed by atoms with E-state index in [1.807, 2.05) is 18.7 Å². The summed E-state index contributed by atoms with van der Waals surface area (Å²) in [7, 11) is 1.71. The van der Waals surface area contributed by atoms with Crippen molar-refractivity contribution in [3.63, 3.8) is 0 Å². The third-order valence-electron chi connectivity index (χ3n) is 6.05. The van der Waals surface area contributed by atoms with Gasteiger partial charge in [-0.25, -0.2) is 9.97 Å². The summed E-state index contributed by atoms with van der Waals surface area (Å²) in [5.41, 5.74) is 1.31. The maximum Gasteiger partial charge on any atom is 0.272 e. The predicted octanol–water partition coefficient (Wildman–Crippen LogP) is 1.28. The van der Waals surface area contributed by atoms with Gasteiger partial charge in [0.2, 0.25) is 5.91 Å². The Bertz CT molecular complexity index is 694. The number of nitrogens with one attached hydrogen (secondary N) is 2. The van der Waals surface area contributed by atoms with Gasteiger partial charge in [0.25, 0.3) is 5.91 Å². The zero-order valence-electron chi connectivity index (χ0n) is 17.2. The van der Waals surface area contributed by atoms with Crippen LogP contribution in [0.4, 0.5) is 5.82 Å². The highest BCUT2D eigenvalue weighted by Crippen LogP contribution is 2.25. The molecule has 2 aliphatic rings. The maximum atomic E-state index is 13.0. The molecule has 0 aliphatic carbocycles. The van der Waals surface area contributed by atoms with Crippen LogP contribution < -0.4 is 10.6 Å². The summed E-state index contributed by atoms with van der Waals surface area (Å²) in [4.78, 5) is 37.7. The smallest absolute Gasteiger partial charge is 0.272 e. The Kier molecular flexibility index (Phi) is 6.83. The number of likely N-dealkylation sites (tertiary alicyclic amines) is 2. The van der Waals surface area contributed by atoms with Crippen molar-refractivity contribution in [2.75, 3.05) is 45.1 Å². The zero-order chi connectivity index (χ0) is 20.1. The molecule has 2 amide bonds. The number of amides is 2. The van der Waals surface area contributed by atoms with E-state index in [1.165, 1.54) is 6.33 Å². The van der Waals surface area contributed by atoms with E-state index in [4.69, 9.17) is 0 Å². The first kappa shape index (κ1) is 20.5. The van der Waals surface area contributed by atoms with E-state index in [1.54, 1.807) is 7.05 Å². The van der Waals surface area contributed by atoms with Gasteiger partial charge < -0.3 is 20.4 Å². The Morgan fingerprint density at radius 3 is 2.39 bits per heavy atom. The van der Waals surface area contributed by atoms with E-state index in [9.17, 15) is 9.59 Å². The number of rotatable bonds is 5. The van der Waals surface area contributed by atoms with Crippen LogP contribution in [0, 0.1) is 12.8 Å². The van der Waals surface area contributed by atoms with Crippen LogP contribution in [0.3, 0.4) is 0 Å². The molecule has 0 bridgehead atoms. The van der Waals surface area contributed by atoms with Crippen LogP contribution in [0.5, 0.6) is 0 Å². The lowest BCUT2D eigenvalue weighted by atomic mass is 9.93. The molecule has 2 aliphatic heterocycles. The topological polar surface area (TPSA) is 90.5 Å². The van der Waals surface area contributed by atoms with Crippen molar-refractivity contribution in [2.45, 2.75) is 45.6 Å². The molecule has 8 heteroatoms. The Balaban J connectivity index is 1.54. The van der Waals surface area contributed by atoms with Gasteiger partial charge in [0.15, 0.2) is 0 Å². The fourth-order valence-electron chi connectivity index (χ4n) is 4.33. The molecular weight excluding hydrogens is 356 g/mol. The molecular formula is C20H32N6O2. The van der Waals surface area contributed by atoms with E-state index in [0.29, 0.717) is 11.7 Å². The van der Waals surface area contributed by atoms with Crippen molar-refractivity contribution in [1.29, 1.82) is 0 Å². The molecule has 3 heterocycles. The molecule has 0 radical (unpaired) electrons. The van der Waals surface area contributed by atoms with Gasteiger partial charge in [-0.3, -0.25) is 9.59 Å². The highest BCUT2D eigenvalue weighted by molar-refractivity contribution is 5.94. The third kappa shape index (κ3) is 4.43. The molecule has 0 saturated carbocycles. The van der Waals surface area contributed by atoms with Crippen LogP contribution >= 0.6 is 0 Å². The summed E-state index contributed by atoms with van der Waals surface area (Å²) in [5, 5.41) is 5.95. The summed E-state index contributed by atoms with van der Waals surface area (Å²) < 4.78 is 0. The first-order valence-corrected chi connectivity index (χ1v) is 10.4. The Labute approximate surface area is 167 Å². The van der Waals surface area contributed by atoms with E-state index < -0.39 is 0 Å². The molecule has 1 aromatic rings. The number of piperidine rings is 2. The molecule has 2 fully saturated rings. The summed E-state index contributed by atoms with van der Waals surface area (Å²) in [6, 6.07) is 0.499. The highest BCUT2D eigenvalue weighted by atomic mass is 16.2. The van der Waals surface area contributed by atoms with Crippen LogP contribution in [-0.2, 0) is 4.79 Å². The molecule has 2 saturated heterocycles. The third-order valence-corrected chi connectivity index (χ3v) is 6.05. The fraction of sp³-hybridized carbons (Fsp3) is 0.700. The van der Waals surface area contributed by atoms with Crippen LogP contribution in [0.25, 0.3) is 0 Å². The van der Waals surface area contributed by atoms with E-state index in [0.717, 1.165) is 69.8 Å². The van der Waals surface area contributed by atoms with Gasteiger partial charge in [0.05, 0.1) is 0 Å². The van der Waals surface area contributed by atoms with Crippen molar-refractivity contribution in [3.8, 4) is 0 Å². The number of hydrogen-bond acceptors (Lipinski definition) is 6. The summed E-state index contributed by atoms with van der Waals surface area (Å²) >= 11 is 0. The minimum absolute atomic E-state index is 0.00386. The lowest BCUT2D eigenvalue weighted by molar-refractivity contribution is -0.126. The average molecular weight is 389 g/mol. The lowest BCUT2D eigenvalue weighted by Gasteiger charge is -2.41. The molecule has 2 N–H and O–H groups in total. The molecule has 8 nitrogen and oxygen atoms in total. The highest BCUT2D eigenvalue weighted by Gasteiger charge is 2.32. The molecule has 0 aromatic carbocycles. The first-order chi connectivity index (χ1) is 13.5. The van der Waals surface area contributed by atoms with Gasteiger partial charge in [-0.1, -0.05) is 0 Å². The molecule has 3 rings (SSSR count). The molecule has 0 unspecified atom stereocenters. The predicted molar refractivity (Wildman–Crippen MR) is 108 cm³/mol. The van der Waals surface area contributed by atoms with Gasteiger partial charge in [-0.2, -0.15) is 0 Å². The summed E-state index contributed by atoms with van der Waals surface area (Å²) in [6.45, 7) is 8.09. The van der Waals surface area contributed by atoms with Gasteiger partial charge in [-0.05, 0) is 52.6 Å². The van der Waals surface area contributed by atoms with Gasteiger partial charge in [0, 0.05) is 44.2 Å². The average Bonchev–Trinajstić information content (AvgIpc) is 2.74. The zero-order valence-corrected chi connectivity index (χ0v) is 17.2. The first-order valence-electron chi connectivity index (χ1n) is 10.4. The second kappa shape index (κ2) is 9.32. The van der Waals surface area contributed by atoms with Crippen LogP contribution in [0.2, 0.25) is 0 Å². The largest absolute Gasteiger partial charge is 0.370 e. The van der Waals surface area contributed by atoms with Crippen molar-refractivity contribution >= 4 is 17.6 Å². The molecule has 0 spiro atoms. The van der Waals surface area contributed by atoms with Crippen LogP contribution in [0.1, 0.15) is 48.7 Å². The standard InChI is InChI=1S/C20H32N6O2/c1-4-22-18-14(2)17(23-13-24-18)20(28)26-11-7-16(8-12-26)25-9-5-15(6-10-25)19(27)21-3/h13,15-16H,4-12H2,1-3H3,(H,21,27)(H,22,23,24). The van der Waals surface area contributed by atoms with Crippen molar-refractivity contribution in [2.24, 2.45) is 5.92 Å². The fourth-order valence-corrected chi connectivity index (χ4v) is 4.33. The van der Waals surface area contributed by atoms with Crippen molar-refractivity contribution < 1.29 is 9.59 Å². The van der Waals surface area contributed by atoms with Crippen LogP contribution in [0.15, 0.2) is 6.33 Å². The number of carbonyl (C=O) groups is 2. The number of hydrogen-bond donors (Lipinski definition) is 2. The van der Waals surface area contributed by atoms with Gasteiger partial charge in [0.1, 0.15) is 17.8 Å². The van der Waals surface area contributed by atoms with Crippen molar-refractivity contribution in [3.05, 3.63) is 17.6 Å². The van der Waals surface area contributed by atoms with E-state index in [-0.39, 0.29) is 17.7 Å². The Morgan fingerprint density at radius 2 is 1.79 bits per heavy atom. The minimum Gasteiger partial charge on any atom is -0.370 e. The van der Waals surface area contributed by atoms with E-state index >= 15 is 0 Å². The monoisotopic (exact) mass is 388 g/mol. The Morgan fingerprint density at radius 1 is 1.11 bits per heavy atom. The second-order valence-corrected chi connectivity index (χ2v) is 7.67. The quantitative estimate of drug-likeness (QED) is 0.790. The van der Waals surface area contributed by atoms with E-state index in [2.05, 4.69) is 25.5 Å². The number of carbonyl (C=O) groups excluding carboxylic acids is 2. The second-order valence-electron chi connectivity index (χ2n) is 7.67. The molecule has 28 heavy (non-hydrogen) atoms. The number of anilines is 1.